The van der Waals surface area contributed by atoms with Gasteiger partial charge >= 0.3 is 11.8 Å². The molecule has 136 valence electrons. The first kappa shape index (κ1) is 18.0. The van der Waals surface area contributed by atoms with Crippen LogP contribution in [0.4, 0.5) is 0 Å². The highest BCUT2D eigenvalue weighted by molar-refractivity contribution is 6.35. The Morgan fingerprint density at radius 1 is 1.24 bits per heavy atom. The zero-order chi connectivity index (χ0) is 17.6. The molecule has 1 saturated heterocycles. The summed E-state index contributed by atoms with van der Waals surface area (Å²) < 4.78 is 5.50. The van der Waals surface area contributed by atoms with E-state index in [1.807, 2.05) is 0 Å². The zero-order valence-electron chi connectivity index (χ0n) is 14.1. The van der Waals surface area contributed by atoms with Gasteiger partial charge in [-0.25, -0.2) is 0 Å². The molecular weight excluding hydrogens is 342 g/mol. The molecule has 25 heavy (non-hydrogen) atoms. The second kappa shape index (κ2) is 8.54. The van der Waals surface area contributed by atoms with Crippen LogP contribution in [0.25, 0.3) is 0 Å². The molecule has 6 nitrogen and oxygen atoms in total. The number of piperidine rings is 1. The van der Waals surface area contributed by atoms with Crippen LogP contribution in [-0.4, -0.2) is 38.1 Å². The van der Waals surface area contributed by atoms with Crippen molar-refractivity contribution in [2.24, 2.45) is 5.92 Å². The first-order valence-corrected chi connectivity index (χ1v) is 9.23. The molecule has 1 fully saturated rings. The predicted octanol–water partition coefficient (Wildman–Crippen LogP) is 1.79. The van der Waals surface area contributed by atoms with Gasteiger partial charge in [0.15, 0.2) is 0 Å². The maximum Gasteiger partial charge on any atom is 0.309 e. The number of hydrogen-bond donors (Lipinski definition) is 3. The third kappa shape index (κ3) is 4.86. The van der Waals surface area contributed by atoms with Crippen LogP contribution in [0.1, 0.15) is 37.3 Å². The molecule has 0 aliphatic carbocycles. The summed E-state index contributed by atoms with van der Waals surface area (Å²) >= 11 is 5.98. The number of halogens is 1. The van der Waals surface area contributed by atoms with Crippen molar-refractivity contribution in [2.45, 2.75) is 31.7 Å². The summed E-state index contributed by atoms with van der Waals surface area (Å²) in [5, 5.41) is 9.32. The van der Waals surface area contributed by atoms with Crippen molar-refractivity contribution < 1.29 is 14.3 Å². The van der Waals surface area contributed by atoms with Crippen LogP contribution in [0.5, 0.6) is 5.75 Å². The Kier molecular flexibility index (Phi) is 6.15. The Balaban J connectivity index is 1.40. The minimum atomic E-state index is -0.636. The van der Waals surface area contributed by atoms with E-state index in [2.05, 4.69) is 16.0 Å². The molecule has 0 radical (unpaired) electrons. The van der Waals surface area contributed by atoms with E-state index < -0.39 is 11.8 Å². The maximum absolute atomic E-state index is 12.1. The second-order valence-electron chi connectivity index (χ2n) is 6.61. The molecule has 2 heterocycles. The Morgan fingerprint density at radius 2 is 2.04 bits per heavy atom. The fraction of sp³-hybridized carbons (Fsp3) is 0.556. The lowest BCUT2D eigenvalue weighted by Gasteiger charge is -2.22. The number of carbonyl (C=O) groups excluding carboxylic acids is 2. The fourth-order valence-electron chi connectivity index (χ4n) is 3.37. The van der Waals surface area contributed by atoms with E-state index >= 15 is 0 Å². The molecule has 3 rings (SSSR count). The van der Waals surface area contributed by atoms with Gasteiger partial charge in [-0.15, -0.1) is 0 Å². The fourth-order valence-corrected chi connectivity index (χ4v) is 3.55. The molecule has 2 amide bonds. The lowest BCUT2D eigenvalue weighted by molar-refractivity contribution is -0.139. The molecule has 0 spiro atoms. The highest BCUT2D eigenvalue weighted by atomic mass is 35.5. The van der Waals surface area contributed by atoms with Gasteiger partial charge in [0.1, 0.15) is 12.4 Å². The normalized spacial score (nSPS) is 19.8. The number of fused-ring (bicyclic) bond motifs is 1. The average Bonchev–Trinajstić information content (AvgIpc) is 3.01. The monoisotopic (exact) mass is 365 g/mol. The Hall–Kier alpha value is -1.79. The van der Waals surface area contributed by atoms with Crippen molar-refractivity contribution in [3.05, 3.63) is 28.8 Å². The van der Waals surface area contributed by atoms with E-state index in [1.54, 1.807) is 18.2 Å². The number of rotatable bonds is 5. The molecule has 1 aromatic rings. The molecule has 0 aromatic heterocycles. The van der Waals surface area contributed by atoms with Gasteiger partial charge < -0.3 is 20.7 Å². The third-order valence-electron chi connectivity index (χ3n) is 4.80. The summed E-state index contributed by atoms with van der Waals surface area (Å²) in [4.78, 5) is 24.0. The third-order valence-corrected chi connectivity index (χ3v) is 5.03. The minimum absolute atomic E-state index is 0.310. The van der Waals surface area contributed by atoms with E-state index in [1.165, 1.54) is 12.8 Å². The van der Waals surface area contributed by atoms with Crippen molar-refractivity contribution in [1.29, 1.82) is 0 Å². The van der Waals surface area contributed by atoms with E-state index in [0.717, 1.165) is 37.4 Å². The quantitative estimate of drug-likeness (QED) is 0.549. The van der Waals surface area contributed by atoms with Crippen molar-refractivity contribution in [3.8, 4) is 5.75 Å². The molecule has 0 saturated carbocycles. The highest BCUT2D eigenvalue weighted by Crippen LogP contribution is 2.34. The van der Waals surface area contributed by atoms with Gasteiger partial charge in [0.25, 0.3) is 0 Å². The molecule has 7 heteroatoms. The summed E-state index contributed by atoms with van der Waals surface area (Å²) in [5.41, 5.74) is 0.805. The van der Waals surface area contributed by atoms with E-state index in [-0.39, 0.29) is 6.04 Å². The highest BCUT2D eigenvalue weighted by Gasteiger charge is 2.27. The molecule has 1 aromatic carbocycles. The van der Waals surface area contributed by atoms with Crippen LogP contribution in [0.3, 0.4) is 0 Å². The molecule has 3 N–H and O–H groups in total. The van der Waals surface area contributed by atoms with E-state index in [4.69, 9.17) is 16.3 Å². The number of benzene rings is 1. The lowest BCUT2D eigenvalue weighted by atomic mass is 9.93. The lowest BCUT2D eigenvalue weighted by Crippen LogP contribution is -2.42. The topological polar surface area (TPSA) is 79.5 Å². The predicted molar refractivity (Wildman–Crippen MR) is 95.7 cm³/mol. The molecule has 1 atom stereocenters. The van der Waals surface area contributed by atoms with E-state index in [0.29, 0.717) is 23.9 Å². The SMILES string of the molecule is O=C(NCCCC1CCNCC1)C(=O)NC1COc2ccc(Cl)cc21. The van der Waals surface area contributed by atoms with Crippen molar-refractivity contribution in [1.82, 2.24) is 16.0 Å². The molecule has 0 bridgehead atoms. The first-order valence-electron chi connectivity index (χ1n) is 8.85. The van der Waals surface area contributed by atoms with Crippen molar-refractivity contribution in [2.75, 3.05) is 26.2 Å². The largest absolute Gasteiger partial charge is 0.491 e. The van der Waals surface area contributed by atoms with Crippen LogP contribution < -0.4 is 20.7 Å². The van der Waals surface area contributed by atoms with Crippen LogP contribution in [0.2, 0.25) is 5.02 Å². The molecule has 1 unspecified atom stereocenters. The number of carbonyl (C=O) groups is 2. The van der Waals surface area contributed by atoms with Crippen LogP contribution in [-0.2, 0) is 9.59 Å². The van der Waals surface area contributed by atoms with Crippen molar-refractivity contribution >= 4 is 23.4 Å². The van der Waals surface area contributed by atoms with Crippen LogP contribution in [0, 0.1) is 5.92 Å². The molecule has 2 aliphatic heterocycles. The minimum Gasteiger partial charge on any atom is -0.491 e. The Morgan fingerprint density at radius 3 is 2.84 bits per heavy atom. The Labute approximate surface area is 152 Å². The van der Waals surface area contributed by atoms with Gasteiger partial charge in [-0.3, -0.25) is 9.59 Å². The van der Waals surface area contributed by atoms with Crippen LogP contribution in [0.15, 0.2) is 18.2 Å². The number of nitrogens with one attached hydrogen (secondary N) is 3. The standard InChI is InChI=1S/C18H24ClN3O3/c19-13-3-4-16-14(10-13)15(11-25-16)22-18(24)17(23)21-7-1-2-12-5-8-20-9-6-12/h3-4,10,12,15,20H,1-2,5-9,11H2,(H,21,23)(H,22,24). The van der Waals surface area contributed by atoms with Crippen LogP contribution >= 0.6 is 11.6 Å². The second-order valence-corrected chi connectivity index (χ2v) is 7.05. The zero-order valence-corrected chi connectivity index (χ0v) is 14.9. The van der Waals surface area contributed by atoms with Gasteiger partial charge in [0.2, 0.25) is 0 Å². The smallest absolute Gasteiger partial charge is 0.309 e. The van der Waals surface area contributed by atoms with Crippen molar-refractivity contribution in [3.63, 3.8) is 0 Å². The number of amides is 2. The summed E-state index contributed by atoms with van der Waals surface area (Å²) in [6, 6.07) is 4.91. The summed E-state index contributed by atoms with van der Waals surface area (Å²) in [6.45, 7) is 2.99. The van der Waals surface area contributed by atoms with Gasteiger partial charge in [-0.1, -0.05) is 11.6 Å². The molecular formula is C18H24ClN3O3. The summed E-state index contributed by atoms with van der Waals surface area (Å²) in [5.74, 6) is 0.185. The van der Waals surface area contributed by atoms with E-state index in [9.17, 15) is 9.59 Å². The summed E-state index contributed by atoms with van der Waals surface area (Å²) in [7, 11) is 0. The number of ether oxygens (including phenoxy) is 1. The maximum atomic E-state index is 12.1. The number of hydrogen-bond acceptors (Lipinski definition) is 4. The first-order chi connectivity index (χ1) is 12.1. The average molecular weight is 366 g/mol. The van der Waals surface area contributed by atoms with Gasteiger partial charge in [0.05, 0.1) is 6.04 Å². The molecule has 2 aliphatic rings. The van der Waals surface area contributed by atoms with Gasteiger partial charge in [-0.2, -0.15) is 0 Å². The van der Waals surface area contributed by atoms with Gasteiger partial charge in [0, 0.05) is 17.1 Å². The van der Waals surface area contributed by atoms with Gasteiger partial charge in [-0.05, 0) is 62.9 Å². The summed E-state index contributed by atoms with van der Waals surface area (Å²) in [6.07, 6.45) is 4.37. The Bertz CT molecular complexity index is 632.